The fraction of sp³-hybridized carbons (Fsp3) is 0.300. The standard InChI is InChI=1S/C10H14N2/c1-4-8(5-2)10-11-7-9(6-3)12-10/h4-5,7H,1,6H2,2-3H3,(H,11,12). The van der Waals surface area contributed by atoms with Crippen LogP contribution in [0.3, 0.4) is 0 Å². The molecule has 0 spiro atoms. The Morgan fingerprint density at radius 3 is 2.92 bits per heavy atom. The first-order valence-electron chi connectivity index (χ1n) is 4.14. The second-order valence-corrected chi connectivity index (χ2v) is 2.56. The summed E-state index contributed by atoms with van der Waals surface area (Å²) in [6.07, 6.45) is 6.65. The van der Waals surface area contributed by atoms with Gasteiger partial charge in [-0.25, -0.2) is 4.98 Å². The van der Waals surface area contributed by atoms with E-state index in [4.69, 9.17) is 0 Å². The molecule has 1 rings (SSSR count). The number of imidazole rings is 1. The van der Waals surface area contributed by atoms with Gasteiger partial charge in [-0.2, -0.15) is 0 Å². The topological polar surface area (TPSA) is 28.7 Å². The van der Waals surface area contributed by atoms with Gasteiger partial charge >= 0.3 is 0 Å². The highest BCUT2D eigenvalue weighted by molar-refractivity contribution is 5.68. The zero-order chi connectivity index (χ0) is 8.97. The lowest BCUT2D eigenvalue weighted by Crippen LogP contribution is -1.84. The SMILES string of the molecule is C=CC(=CC)c1ncc(CC)[nH]1. The second-order valence-electron chi connectivity index (χ2n) is 2.56. The molecule has 0 aliphatic rings. The number of nitrogens with zero attached hydrogens (tertiary/aromatic N) is 1. The van der Waals surface area contributed by atoms with Crippen molar-refractivity contribution >= 4 is 5.57 Å². The molecule has 0 amide bonds. The van der Waals surface area contributed by atoms with Crippen molar-refractivity contribution in [2.45, 2.75) is 20.3 Å². The Hall–Kier alpha value is -1.31. The molecular formula is C10H14N2. The van der Waals surface area contributed by atoms with Crippen molar-refractivity contribution in [2.24, 2.45) is 0 Å². The Morgan fingerprint density at radius 2 is 2.50 bits per heavy atom. The zero-order valence-corrected chi connectivity index (χ0v) is 7.59. The number of hydrogen-bond donors (Lipinski definition) is 1. The number of allylic oxidation sites excluding steroid dienone is 3. The number of aromatic nitrogens is 2. The van der Waals surface area contributed by atoms with Crippen LogP contribution < -0.4 is 0 Å². The van der Waals surface area contributed by atoms with E-state index in [0.29, 0.717) is 0 Å². The first kappa shape index (κ1) is 8.78. The summed E-state index contributed by atoms with van der Waals surface area (Å²) in [6.45, 7) is 7.79. The van der Waals surface area contributed by atoms with Crippen LogP contribution in [0.4, 0.5) is 0 Å². The van der Waals surface area contributed by atoms with Crippen LogP contribution in [0.25, 0.3) is 5.57 Å². The molecule has 0 saturated heterocycles. The predicted molar refractivity (Wildman–Crippen MR) is 51.8 cm³/mol. The first-order chi connectivity index (χ1) is 5.81. The lowest BCUT2D eigenvalue weighted by molar-refractivity contribution is 1.06. The third kappa shape index (κ3) is 1.64. The number of nitrogens with one attached hydrogen (secondary N) is 1. The molecule has 0 saturated carbocycles. The van der Waals surface area contributed by atoms with Gasteiger partial charge in [0.1, 0.15) is 5.82 Å². The fourth-order valence-corrected chi connectivity index (χ4v) is 1.04. The summed E-state index contributed by atoms with van der Waals surface area (Å²) in [7, 11) is 0. The molecule has 0 aromatic carbocycles. The Kier molecular flexibility index (Phi) is 2.86. The van der Waals surface area contributed by atoms with Gasteiger partial charge in [0.2, 0.25) is 0 Å². The molecular weight excluding hydrogens is 148 g/mol. The average molecular weight is 162 g/mol. The lowest BCUT2D eigenvalue weighted by Gasteiger charge is -1.94. The monoisotopic (exact) mass is 162 g/mol. The van der Waals surface area contributed by atoms with Gasteiger partial charge in [0.25, 0.3) is 0 Å². The van der Waals surface area contributed by atoms with Crippen LogP contribution in [0.2, 0.25) is 0 Å². The molecule has 0 aliphatic carbocycles. The third-order valence-electron chi connectivity index (χ3n) is 1.81. The van der Waals surface area contributed by atoms with Gasteiger partial charge in [0, 0.05) is 17.5 Å². The second kappa shape index (κ2) is 3.90. The molecule has 0 radical (unpaired) electrons. The quantitative estimate of drug-likeness (QED) is 0.680. The van der Waals surface area contributed by atoms with E-state index in [1.54, 1.807) is 6.08 Å². The van der Waals surface area contributed by atoms with Crippen molar-refractivity contribution in [3.8, 4) is 0 Å². The number of hydrogen-bond acceptors (Lipinski definition) is 1. The molecule has 2 heteroatoms. The van der Waals surface area contributed by atoms with E-state index in [1.165, 1.54) is 0 Å². The van der Waals surface area contributed by atoms with Crippen molar-refractivity contribution in [3.63, 3.8) is 0 Å². The van der Waals surface area contributed by atoms with Crippen molar-refractivity contribution < 1.29 is 0 Å². The molecule has 0 unspecified atom stereocenters. The molecule has 12 heavy (non-hydrogen) atoms. The van der Waals surface area contributed by atoms with E-state index in [9.17, 15) is 0 Å². The molecule has 0 fully saturated rings. The van der Waals surface area contributed by atoms with Gasteiger partial charge in [-0.05, 0) is 13.3 Å². The molecule has 0 atom stereocenters. The Bertz CT molecular complexity index is 295. The molecule has 1 aromatic heterocycles. The van der Waals surface area contributed by atoms with Crippen LogP contribution in [-0.2, 0) is 6.42 Å². The summed E-state index contributed by atoms with van der Waals surface area (Å²) in [5, 5.41) is 0. The maximum Gasteiger partial charge on any atom is 0.137 e. The Balaban J connectivity index is 2.95. The summed E-state index contributed by atoms with van der Waals surface area (Å²) >= 11 is 0. The van der Waals surface area contributed by atoms with Crippen molar-refractivity contribution in [2.75, 3.05) is 0 Å². The molecule has 2 nitrogen and oxygen atoms in total. The van der Waals surface area contributed by atoms with Gasteiger partial charge in [-0.3, -0.25) is 0 Å². The maximum atomic E-state index is 4.23. The zero-order valence-electron chi connectivity index (χ0n) is 7.59. The highest BCUT2D eigenvalue weighted by atomic mass is 14.9. The van der Waals surface area contributed by atoms with Gasteiger partial charge in [-0.1, -0.05) is 25.7 Å². The minimum absolute atomic E-state index is 0.907. The van der Waals surface area contributed by atoms with Crippen molar-refractivity contribution in [1.82, 2.24) is 9.97 Å². The van der Waals surface area contributed by atoms with E-state index in [-0.39, 0.29) is 0 Å². The van der Waals surface area contributed by atoms with Crippen LogP contribution >= 0.6 is 0 Å². The van der Waals surface area contributed by atoms with E-state index < -0.39 is 0 Å². The van der Waals surface area contributed by atoms with Crippen LogP contribution in [0.15, 0.2) is 24.9 Å². The third-order valence-corrected chi connectivity index (χ3v) is 1.81. The van der Waals surface area contributed by atoms with E-state index in [2.05, 4.69) is 23.5 Å². The van der Waals surface area contributed by atoms with Crippen LogP contribution in [0.1, 0.15) is 25.4 Å². The van der Waals surface area contributed by atoms with Crippen LogP contribution in [0.5, 0.6) is 0 Å². The minimum atomic E-state index is 0.907. The van der Waals surface area contributed by atoms with Gasteiger partial charge in [0.15, 0.2) is 0 Å². The molecule has 1 N–H and O–H groups in total. The van der Waals surface area contributed by atoms with Crippen LogP contribution in [-0.4, -0.2) is 9.97 Å². The normalized spacial score (nSPS) is 11.7. The number of rotatable bonds is 3. The number of aryl methyl sites for hydroxylation is 1. The fourth-order valence-electron chi connectivity index (χ4n) is 1.04. The minimum Gasteiger partial charge on any atom is -0.342 e. The maximum absolute atomic E-state index is 4.23. The molecule has 1 aromatic rings. The summed E-state index contributed by atoms with van der Waals surface area (Å²) in [4.78, 5) is 7.45. The summed E-state index contributed by atoms with van der Waals surface area (Å²) in [6, 6.07) is 0. The molecule has 1 heterocycles. The lowest BCUT2D eigenvalue weighted by atomic mass is 10.2. The molecule has 64 valence electrons. The Labute approximate surface area is 73.0 Å². The average Bonchev–Trinajstić information content (AvgIpc) is 2.55. The largest absolute Gasteiger partial charge is 0.342 e. The van der Waals surface area contributed by atoms with Gasteiger partial charge < -0.3 is 4.98 Å². The number of H-pyrrole nitrogens is 1. The summed E-state index contributed by atoms with van der Waals surface area (Å²) in [5.41, 5.74) is 2.21. The van der Waals surface area contributed by atoms with E-state index in [1.807, 2.05) is 19.2 Å². The van der Waals surface area contributed by atoms with Crippen molar-refractivity contribution in [3.05, 3.63) is 36.4 Å². The smallest absolute Gasteiger partial charge is 0.137 e. The van der Waals surface area contributed by atoms with E-state index in [0.717, 1.165) is 23.5 Å². The van der Waals surface area contributed by atoms with E-state index >= 15 is 0 Å². The number of aromatic amines is 1. The Morgan fingerprint density at radius 1 is 1.75 bits per heavy atom. The summed E-state index contributed by atoms with van der Waals surface area (Å²) < 4.78 is 0. The molecule has 0 aliphatic heterocycles. The van der Waals surface area contributed by atoms with Crippen molar-refractivity contribution in [1.29, 1.82) is 0 Å². The summed E-state index contributed by atoms with van der Waals surface area (Å²) in [5.74, 6) is 0.907. The van der Waals surface area contributed by atoms with Gasteiger partial charge in [-0.15, -0.1) is 0 Å². The predicted octanol–water partition coefficient (Wildman–Crippen LogP) is 2.56. The van der Waals surface area contributed by atoms with Gasteiger partial charge in [0.05, 0.1) is 0 Å². The highest BCUT2D eigenvalue weighted by Crippen LogP contribution is 2.11. The van der Waals surface area contributed by atoms with Crippen LogP contribution in [0, 0.1) is 0 Å². The molecule has 0 bridgehead atoms. The highest BCUT2D eigenvalue weighted by Gasteiger charge is 2.00. The first-order valence-corrected chi connectivity index (χ1v) is 4.14.